The van der Waals surface area contributed by atoms with E-state index in [1.54, 1.807) is 11.0 Å². The summed E-state index contributed by atoms with van der Waals surface area (Å²) in [7, 11) is 0. The maximum atomic E-state index is 12.4. The Bertz CT molecular complexity index is 503. The van der Waals surface area contributed by atoms with Crippen molar-refractivity contribution in [2.75, 3.05) is 0 Å². The Kier molecular flexibility index (Phi) is 5.72. The number of hydrogen-bond donors (Lipinski definition) is 1. The highest BCUT2D eigenvalue weighted by atomic mass is 16.2. The standard InChI is InChI=1S/C16H23N3O/c1-11(2)15(18)16(20)19(12(3)4)10-14-7-5-6-13(8-14)9-17/h5-8,11-12,15H,10,18H2,1-4H3/t15-/m0/s1. The Morgan fingerprint density at radius 3 is 2.50 bits per heavy atom. The van der Waals surface area contributed by atoms with Gasteiger partial charge in [-0.3, -0.25) is 4.79 Å². The topological polar surface area (TPSA) is 70.1 Å². The molecule has 1 aromatic carbocycles. The SMILES string of the molecule is CC(C)[C@H](N)C(=O)N(Cc1cccc(C#N)c1)C(C)C. The van der Waals surface area contributed by atoms with Crippen molar-refractivity contribution >= 4 is 5.91 Å². The summed E-state index contributed by atoms with van der Waals surface area (Å²) in [6.07, 6.45) is 0. The molecule has 4 heteroatoms. The lowest BCUT2D eigenvalue weighted by molar-refractivity contribution is -0.136. The van der Waals surface area contributed by atoms with E-state index in [2.05, 4.69) is 6.07 Å². The number of rotatable bonds is 5. The maximum absolute atomic E-state index is 12.4. The molecule has 0 aliphatic carbocycles. The summed E-state index contributed by atoms with van der Waals surface area (Å²) in [4.78, 5) is 14.2. The van der Waals surface area contributed by atoms with Gasteiger partial charge in [0.05, 0.1) is 17.7 Å². The molecule has 0 aliphatic rings. The number of nitrogens with two attached hydrogens (primary N) is 1. The predicted octanol–water partition coefficient (Wildman–Crippen LogP) is 2.28. The van der Waals surface area contributed by atoms with Crippen LogP contribution in [0.4, 0.5) is 0 Å². The normalized spacial score (nSPS) is 12.3. The van der Waals surface area contributed by atoms with Crippen LogP contribution in [0.1, 0.15) is 38.8 Å². The highest BCUT2D eigenvalue weighted by molar-refractivity contribution is 5.82. The van der Waals surface area contributed by atoms with E-state index in [0.717, 1.165) is 5.56 Å². The van der Waals surface area contributed by atoms with Crippen molar-refractivity contribution in [3.63, 3.8) is 0 Å². The molecule has 0 bridgehead atoms. The summed E-state index contributed by atoms with van der Waals surface area (Å²) in [5, 5.41) is 8.92. The number of carbonyl (C=O) groups excluding carboxylic acids is 1. The average Bonchev–Trinajstić information content (AvgIpc) is 2.43. The first-order valence-corrected chi connectivity index (χ1v) is 6.92. The third kappa shape index (κ3) is 4.07. The molecule has 0 heterocycles. The summed E-state index contributed by atoms with van der Waals surface area (Å²) in [5.74, 6) is 0.0616. The maximum Gasteiger partial charge on any atom is 0.240 e. The van der Waals surface area contributed by atoms with Gasteiger partial charge in [0.1, 0.15) is 0 Å². The molecule has 0 spiro atoms. The van der Waals surface area contributed by atoms with Gasteiger partial charge >= 0.3 is 0 Å². The van der Waals surface area contributed by atoms with E-state index in [1.165, 1.54) is 0 Å². The van der Waals surface area contributed by atoms with Crippen molar-refractivity contribution in [2.24, 2.45) is 11.7 Å². The lowest BCUT2D eigenvalue weighted by Crippen LogP contribution is -2.48. The molecule has 1 amide bonds. The quantitative estimate of drug-likeness (QED) is 0.894. The van der Waals surface area contributed by atoms with Crippen LogP contribution in [0.2, 0.25) is 0 Å². The van der Waals surface area contributed by atoms with Crippen LogP contribution in [0.15, 0.2) is 24.3 Å². The summed E-state index contributed by atoms with van der Waals surface area (Å²) < 4.78 is 0. The Morgan fingerprint density at radius 1 is 1.35 bits per heavy atom. The Morgan fingerprint density at radius 2 is 2.00 bits per heavy atom. The van der Waals surface area contributed by atoms with Crippen molar-refractivity contribution in [3.05, 3.63) is 35.4 Å². The molecule has 0 aromatic heterocycles. The first kappa shape index (κ1) is 16.2. The van der Waals surface area contributed by atoms with Gasteiger partial charge in [0, 0.05) is 12.6 Å². The second-order valence-electron chi connectivity index (χ2n) is 5.64. The van der Waals surface area contributed by atoms with E-state index in [1.807, 2.05) is 45.9 Å². The van der Waals surface area contributed by atoms with Crippen molar-refractivity contribution in [1.82, 2.24) is 4.90 Å². The van der Waals surface area contributed by atoms with Gasteiger partial charge in [-0.15, -0.1) is 0 Å². The molecule has 0 radical (unpaired) electrons. The highest BCUT2D eigenvalue weighted by Gasteiger charge is 2.25. The zero-order chi connectivity index (χ0) is 15.3. The number of carbonyl (C=O) groups is 1. The Hall–Kier alpha value is -1.86. The van der Waals surface area contributed by atoms with Crippen LogP contribution in [-0.4, -0.2) is 22.9 Å². The fraction of sp³-hybridized carbons (Fsp3) is 0.500. The number of hydrogen-bond acceptors (Lipinski definition) is 3. The average molecular weight is 273 g/mol. The van der Waals surface area contributed by atoms with Gasteiger partial charge < -0.3 is 10.6 Å². The van der Waals surface area contributed by atoms with E-state index in [-0.39, 0.29) is 17.9 Å². The summed E-state index contributed by atoms with van der Waals surface area (Å²) in [6.45, 7) is 8.30. The number of benzene rings is 1. The molecule has 108 valence electrons. The first-order chi connectivity index (χ1) is 9.36. The smallest absolute Gasteiger partial charge is 0.240 e. The highest BCUT2D eigenvalue weighted by Crippen LogP contribution is 2.13. The monoisotopic (exact) mass is 273 g/mol. The van der Waals surface area contributed by atoms with Gasteiger partial charge in [0.25, 0.3) is 0 Å². The van der Waals surface area contributed by atoms with Gasteiger partial charge in [-0.2, -0.15) is 5.26 Å². The van der Waals surface area contributed by atoms with Gasteiger partial charge in [-0.25, -0.2) is 0 Å². The summed E-state index contributed by atoms with van der Waals surface area (Å²) >= 11 is 0. The zero-order valence-corrected chi connectivity index (χ0v) is 12.6. The fourth-order valence-corrected chi connectivity index (χ4v) is 1.93. The van der Waals surface area contributed by atoms with Crippen LogP contribution < -0.4 is 5.73 Å². The molecule has 0 aliphatic heterocycles. The molecule has 0 fully saturated rings. The summed E-state index contributed by atoms with van der Waals surface area (Å²) in [5.41, 5.74) is 7.51. The molecule has 1 atom stereocenters. The Labute approximate surface area is 121 Å². The van der Waals surface area contributed by atoms with Crippen LogP contribution in [0.3, 0.4) is 0 Å². The van der Waals surface area contributed by atoms with Crippen molar-refractivity contribution < 1.29 is 4.79 Å². The number of nitrogens with zero attached hydrogens (tertiary/aromatic N) is 2. The molecule has 2 N–H and O–H groups in total. The van der Waals surface area contributed by atoms with Crippen LogP contribution in [0.25, 0.3) is 0 Å². The van der Waals surface area contributed by atoms with E-state index < -0.39 is 6.04 Å². The van der Waals surface area contributed by atoms with Crippen molar-refractivity contribution in [1.29, 1.82) is 5.26 Å². The minimum atomic E-state index is -0.489. The summed E-state index contributed by atoms with van der Waals surface area (Å²) in [6, 6.07) is 9.01. The molecule has 20 heavy (non-hydrogen) atoms. The van der Waals surface area contributed by atoms with Crippen LogP contribution in [0, 0.1) is 17.2 Å². The molecule has 4 nitrogen and oxygen atoms in total. The van der Waals surface area contributed by atoms with E-state index >= 15 is 0 Å². The van der Waals surface area contributed by atoms with Crippen LogP contribution in [0.5, 0.6) is 0 Å². The number of nitriles is 1. The van der Waals surface area contributed by atoms with Crippen LogP contribution in [-0.2, 0) is 11.3 Å². The van der Waals surface area contributed by atoms with E-state index in [4.69, 9.17) is 11.0 Å². The van der Waals surface area contributed by atoms with E-state index in [9.17, 15) is 4.79 Å². The van der Waals surface area contributed by atoms with Gasteiger partial charge in [0.15, 0.2) is 0 Å². The molecule has 0 saturated carbocycles. The second-order valence-corrected chi connectivity index (χ2v) is 5.64. The lowest BCUT2D eigenvalue weighted by Gasteiger charge is -2.30. The largest absolute Gasteiger partial charge is 0.335 e. The van der Waals surface area contributed by atoms with E-state index in [0.29, 0.717) is 12.1 Å². The zero-order valence-electron chi connectivity index (χ0n) is 12.6. The molecule has 0 unspecified atom stereocenters. The molecule has 0 saturated heterocycles. The molecular weight excluding hydrogens is 250 g/mol. The van der Waals surface area contributed by atoms with Crippen LogP contribution >= 0.6 is 0 Å². The third-order valence-electron chi connectivity index (χ3n) is 3.32. The molecule has 1 rings (SSSR count). The van der Waals surface area contributed by atoms with Gasteiger partial charge in [-0.1, -0.05) is 26.0 Å². The number of amides is 1. The van der Waals surface area contributed by atoms with Crippen molar-refractivity contribution in [2.45, 2.75) is 46.3 Å². The van der Waals surface area contributed by atoms with Gasteiger partial charge in [-0.05, 0) is 37.5 Å². The molecular formula is C16H23N3O. The fourth-order valence-electron chi connectivity index (χ4n) is 1.93. The predicted molar refractivity (Wildman–Crippen MR) is 79.7 cm³/mol. The minimum absolute atomic E-state index is 0.0441. The third-order valence-corrected chi connectivity index (χ3v) is 3.32. The second kappa shape index (κ2) is 7.06. The van der Waals surface area contributed by atoms with Gasteiger partial charge in [0.2, 0.25) is 5.91 Å². The first-order valence-electron chi connectivity index (χ1n) is 6.92. The lowest BCUT2D eigenvalue weighted by atomic mass is 10.0. The minimum Gasteiger partial charge on any atom is -0.335 e. The van der Waals surface area contributed by atoms with Crippen molar-refractivity contribution in [3.8, 4) is 6.07 Å². The Balaban J connectivity index is 2.93. The molecule has 1 aromatic rings.